The van der Waals surface area contributed by atoms with Crippen LogP contribution in [0.1, 0.15) is 36.4 Å². The molecule has 1 aliphatic heterocycles. The monoisotopic (exact) mass is 267 g/mol. The van der Waals surface area contributed by atoms with E-state index in [2.05, 4.69) is 46.3 Å². The molecule has 2 N–H and O–H groups in total. The molecule has 0 saturated carbocycles. The molecule has 3 heteroatoms. The molecule has 2 aromatic rings. The van der Waals surface area contributed by atoms with Gasteiger partial charge in [0, 0.05) is 24.3 Å². The second-order valence-corrected chi connectivity index (χ2v) is 5.45. The third-order valence-corrected chi connectivity index (χ3v) is 4.07. The van der Waals surface area contributed by atoms with Gasteiger partial charge in [-0.3, -0.25) is 4.90 Å². The highest BCUT2D eigenvalue weighted by Gasteiger charge is 2.25. The van der Waals surface area contributed by atoms with Gasteiger partial charge in [0.25, 0.3) is 0 Å². The molecule has 3 nitrogen and oxygen atoms in total. The zero-order valence-corrected chi connectivity index (χ0v) is 11.7. The van der Waals surface area contributed by atoms with Crippen LogP contribution in [0.25, 0.3) is 0 Å². The molecule has 0 spiro atoms. The van der Waals surface area contributed by atoms with Gasteiger partial charge in [-0.05, 0) is 31.0 Å². The lowest BCUT2D eigenvalue weighted by Crippen LogP contribution is -2.33. The number of anilines is 1. The molecule has 104 valence electrons. The van der Waals surface area contributed by atoms with E-state index in [9.17, 15) is 0 Å². The van der Waals surface area contributed by atoms with E-state index in [1.54, 1.807) is 6.20 Å². The molecule has 1 fully saturated rings. The highest BCUT2D eigenvalue weighted by molar-refractivity contribution is 5.41. The van der Waals surface area contributed by atoms with Crippen molar-refractivity contribution in [3.05, 3.63) is 59.8 Å². The van der Waals surface area contributed by atoms with Crippen LogP contribution in [0.3, 0.4) is 0 Å². The number of hydrogen-bond acceptors (Lipinski definition) is 3. The van der Waals surface area contributed by atoms with Crippen molar-refractivity contribution in [3.63, 3.8) is 0 Å². The Balaban J connectivity index is 1.83. The quantitative estimate of drug-likeness (QED) is 0.927. The lowest BCUT2D eigenvalue weighted by molar-refractivity contribution is 0.141. The largest absolute Gasteiger partial charge is 0.383 e. The summed E-state index contributed by atoms with van der Waals surface area (Å²) in [5, 5.41) is 0. The van der Waals surface area contributed by atoms with Gasteiger partial charge in [0.05, 0.1) is 0 Å². The first-order valence-corrected chi connectivity index (χ1v) is 7.33. The minimum Gasteiger partial charge on any atom is -0.383 e. The highest BCUT2D eigenvalue weighted by Crippen LogP contribution is 2.34. The molecule has 1 saturated heterocycles. The van der Waals surface area contributed by atoms with Crippen molar-refractivity contribution < 1.29 is 0 Å². The smallest absolute Gasteiger partial charge is 0.128 e. The molecule has 0 aliphatic carbocycles. The number of aromatic nitrogens is 1. The first-order chi connectivity index (χ1) is 9.84. The van der Waals surface area contributed by atoms with E-state index < -0.39 is 0 Å². The molecule has 20 heavy (non-hydrogen) atoms. The van der Waals surface area contributed by atoms with Crippen LogP contribution in [0.2, 0.25) is 0 Å². The van der Waals surface area contributed by atoms with Crippen LogP contribution in [-0.2, 0) is 6.54 Å². The van der Waals surface area contributed by atoms with Gasteiger partial charge >= 0.3 is 0 Å². The summed E-state index contributed by atoms with van der Waals surface area (Å²) in [4.78, 5) is 6.78. The van der Waals surface area contributed by atoms with Crippen LogP contribution in [-0.4, -0.2) is 16.4 Å². The zero-order chi connectivity index (χ0) is 13.8. The standard InChI is InChI=1S/C17H21N3/c18-17-15(9-6-11-19-17)16-10-4-5-12-20(16)13-14-7-2-1-3-8-14/h1-3,6-9,11,16H,4-5,10,12-13H2,(H2,18,19)/t16-/m1/s1. The summed E-state index contributed by atoms with van der Waals surface area (Å²) in [6.45, 7) is 2.12. The fraction of sp³-hybridized carbons (Fsp3) is 0.353. The lowest BCUT2D eigenvalue weighted by Gasteiger charge is -2.36. The van der Waals surface area contributed by atoms with Gasteiger partial charge in [-0.2, -0.15) is 0 Å². The van der Waals surface area contributed by atoms with Gasteiger partial charge in [0.15, 0.2) is 0 Å². The van der Waals surface area contributed by atoms with E-state index in [-0.39, 0.29) is 0 Å². The number of hydrogen-bond donors (Lipinski definition) is 1. The second kappa shape index (κ2) is 6.06. The summed E-state index contributed by atoms with van der Waals surface area (Å²) in [6, 6.07) is 15.2. The van der Waals surface area contributed by atoms with Crippen LogP contribution in [0.15, 0.2) is 48.7 Å². The summed E-state index contributed by atoms with van der Waals surface area (Å²) in [5.74, 6) is 0.678. The SMILES string of the molecule is Nc1ncccc1[C@H]1CCCCN1Cc1ccccc1. The number of nitrogens with two attached hydrogens (primary N) is 1. The number of nitrogen functional groups attached to an aromatic ring is 1. The summed E-state index contributed by atoms with van der Waals surface area (Å²) >= 11 is 0. The van der Waals surface area contributed by atoms with E-state index >= 15 is 0 Å². The second-order valence-electron chi connectivity index (χ2n) is 5.45. The minimum absolute atomic E-state index is 0.401. The average molecular weight is 267 g/mol. The van der Waals surface area contributed by atoms with E-state index in [0.29, 0.717) is 11.9 Å². The van der Waals surface area contributed by atoms with Gasteiger partial charge in [-0.15, -0.1) is 0 Å². The first kappa shape index (κ1) is 13.1. The van der Waals surface area contributed by atoms with E-state index in [1.165, 1.54) is 30.4 Å². The number of nitrogens with zero attached hydrogens (tertiary/aromatic N) is 2. The van der Waals surface area contributed by atoms with Gasteiger partial charge in [-0.1, -0.05) is 42.8 Å². The summed E-state index contributed by atoms with van der Waals surface area (Å²) in [6.07, 6.45) is 5.47. The Morgan fingerprint density at radius 1 is 1.10 bits per heavy atom. The van der Waals surface area contributed by atoms with Crippen molar-refractivity contribution in [2.24, 2.45) is 0 Å². The van der Waals surface area contributed by atoms with E-state index in [4.69, 9.17) is 5.73 Å². The summed E-state index contributed by atoms with van der Waals surface area (Å²) in [5.41, 5.74) is 8.62. The minimum atomic E-state index is 0.401. The topological polar surface area (TPSA) is 42.1 Å². The Hall–Kier alpha value is -1.87. The molecular weight excluding hydrogens is 246 g/mol. The Morgan fingerprint density at radius 3 is 2.75 bits per heavy atom. The highest BCUT2D eigenvalue weighted by atomic mass is 15.2. The number of likely N-dealkylation sites (tertiary alicyclic amines) is 1. The predicted octanol–water partition coefficient (Wildman–Crippen LogP) is 3.39. The zero-order valence-electron chi connectivity index (χ0n) is 11.7. The third kappa shape index (κ3) is 2.83. The van der Waals surface area contributed by atoms with Crippen molar-refractivity contribution >= 4 is 5.82 Å². The lowest BCUT2D eigenvalue weighted by atomic mass is 9.95. The van der Waals surface area contributed by atoms with Crippen LogP contribution in [0.5, 0.6) is 0 Å². The van der Waals surface area contributed by atoms with Gasteiger partial charge in [0.2, 0.25) is 0 Å². The maximum atomic E-state index is 6.07. The molecule has 1 aliphatic rings. The summed E-state index contributed by atoms with van der Waals surface area (Å²) in [7, 11) is 0. The molecule has 1 aromatic heterocycles. The molecule has 0 unspecified atom stereocenters. The molecule has 0 amide bonds. The van der Waals surface area contributed by atoms with Gasteiger partial charge in [-0.25, -0.2) is 4.98 Å². The summed E-state index contributed by atoms with van der Waals surface area (Å²) < 4.78 is 0. The number of pyridine rings is 1. The molecular formula is C17H21N3. The molecule has 0 bridgehead atoms. The van der Waals surface area contributed by atoms with Crippen LogP contribution in [0, 0.1) is 0 Å². The fourth-order valence-electron chi connectivity index (χ4n) is 3.06. The molecule has 0 radical (unpaired) electrons. The Labute approximate surface area is 120 Å². The van der Waals surface area contributed by atoms with E-state index in [1.807, 2.05) is 6.07 Å². The van der Waals surface area contributed by atoms with Crippen molar-refractivity contribution in [1.82, 2.24) is 9.88 Å². The molecule has 1 atom stereocenters. The maximum absolute atomic E-state index is 6.07. The normalized spacial score (nSPS) is 19.9. The van der Waals surface area contributed by atoms with Crippen LogP contribution >= 0.6 is 0 Å². The van der Waals surface area contributed by atoms with Gasteiger partial charge < -0.3 is 5.73 Å². The van der Waals surface area contributed by atoms with Crippen molar-refractivity contribution in [2.45, 2.75) is 31.8 Å². The Kier molecular flexibility index (Phi) is 3.97. The van der Waals surface area contributed by atoms with Gasteiger partial charge in [0.1, 0.15) is 5.82 Å². The Morgan fingerprint density at radius 2 is 1.95 bits per heavy atom. The van der Waals surface area contributed by atoms with E-state index in [0.717, 1.165) is 13.1 Å². The number of piperidine rings is 1. The van der Waals surface area contributed by atoms with Crippen molar-refractivity contribution in [1.29, 1.82) is 0 Å². The number of benzene rings is 1. The predicted molar refractivity (Wildman–Crippen MR) is 82.1 cm³/mol. The molecule has 1 aromatic carbocycles. The van der Waals surface area contributed by atoms with Crippen molar-refractivity contribution in [3.8, 4) is 0 Å². The van der Waals surface area contributed by atoms with Crippen molar-refractivity contribution in [2.75, 3.05) is 12.3 Å². The van der Waals surface area contributed by atoms with Crippen LogP contribution in [0.4, 0.5) is 5.82 Å². The molecule has 3 rings (SSSR count). The average Bonchev–Trinajstić information content (AvgIpc) is 2.50. The van der Waals surface area contributed by atoms with Crippen LogP contribution < -0.4 is 5.73 Å². The fourth-order valence-corrected chi connectivity index (χ4v) is 3.06. The molecule has 2 heterocycles. The maximum Gasteiger partial charge on any atom is 0.128 e. The Bertz CT molecular complexity index is 553. The number of rotatable bonds is 3. The first-order valence-electron chi connectivity index (χ1n) is 7.33. The third-order valence-electron chi connectivity index (χ3n) is 4.07.